The van der Waals surface area contributed by atoms with E-state index in [0.717, 1.165) is 27.8 Å². The number of ketones is 1. The van der Waals surface area contributed by atoms with Crippen molar-refractivity contribution in [1.82, 2.24) is 23.9 Å². The molecule has 11 heteroatoms. The van der Waals surface area contributed by atoms with E-state index in [2.05, 4.69) is 20.8 Å². The van der Waals surface area contributed by atoms with Crippen molar-refractivity contribution in [1.29, 1.82) is 0 Å². The fraction of sp³-hybridized carbons (Fsp3) is 0.389. The van der Waals surface area contributed by atoms with Crippen molar-refractivity contribution in [3.8, 4) is 0 Å². The Hall–Kier alpha value is -2.66. The van der Waals surface area contributed by atoms with Gasteiger partial charge in [0.25, 0.3) is 5.56 Å². The molecule has 0 atom stereocenters. The molecule has 0 aromatic carbocycles. The zero-order chi connectivity index (χ0) is 20.7. The zero-order valence-electron chi connectivity index (χ0n) is 16.0. The van der Waals surface area contributed by atoms with Crippen LogP contribution in [0.1, 0.15) is 39.9 Å². The zero-order valence-corrected chi connectivity index (χ0v) is 17.6. The van der Waals surface area contributed by atoms with Gasteiger partial charge in [-0.15, -0.1) is 21.5 Å². The van der Waals surface area contributed by atoms with E-state index in [-0.39, 0.29) is 17.1 Å². The Morgan fingerprint density at radius 2 is 2.03 bits per heavy atom. The summed E-state index contributed by atoms with van der Waals surface area (Å²) in [6.07, 6.45) is 2.82. The number of anilines is 1. The second kappa shape index (κ2) is 7.64. The van der Waals surface area contributed by atoms with Gasteiger partial charge in [-0.25, -0.2) is 4.79 Å². The number of nitrogens with two attached hydrogens (primary N) is 1. The van der Waals surface area contributed by atoms with Gasteiger partial charge in [-0.05, 0) is 24.3 Å². The number of thioether (sulfide) groups is 1. The molecule has 1 saturated carbocycles. The predicted molar refractivity (Wildman–Crippen MR) is 112 cm³/mol. The molecule has 1 fully saturated rings. The number of hydrogen-bond donors (Lipinski definition) is 1. The maximum Gasteiger partial charge on any atom is 0.332 e. The highest BCUT2D eigenvalue weighted by Crippen LogP contribution is 2.39. The van der Waals surface area contributed by atoms with Crippen molar-refractivity contribution < 1.29 is 4.79 Å². The number of nitrogens with zero attached hydrogens (tertiary/aromatic N) is 5. The number of Topliss-reactive ketones (excluding diaryl/α,β-unsaturated/α-hetero) is 1. The Labute approximate surface area is 174 Å². The largest absolute Gasteiger partial charge is 0.384 e. The summed E-state index contributed by atoms with van der Waals surface area (Å²) in [6.45, 7) is 0. The summed E-state index contributed by atoms with van der Waals surface area (Å²) >= 11 is 2.91. The first kappa shape index (κ1) is 19.6. The second-order valence-corrected chi connectivity index (χ2v) is 8.91. The van der Waals surface area contributed by atoms with E-state index in [0.29, 0.717) is 17.6 Å². The minimum atomic E-state index is -0.682. The number of hydrogen-bond acceptors (Lipinski definition) is 8. The number of carbonyl (C=O) groups excluding carboxylic acids is 1. The maximum absolute atomic E-state index is 12.7. The molecule has 2 N–H and O–H groups in total. The van der Waals surface area contributed by atoms with Crippen LogP contribution in [0.5, 0.6) is 0 Å². The molecule has 29 heavy (non-hydrogen) atoms. The van der Waals surface area contributed by atoms with E-state index in [1.54, 1.807) is 11.3 Å². The minimum absolute atomic E-state index is 0.0124. The standard InChI is InChI=1S/C18H20N6O3S2/c1-22-15(19)14(16(26)23(2)18(22)27)12(25)9-29-17-21-20-13(24(17)10-5-6-10)8-11-4-3-7-28-11/h3-4,7,10H,5-6,8-9,19H2,1-2H3. The van der Waals surface area contributed by atoms with Gasteiger partial charge in [0.2, 0.25) is 0 Å². The van der Waals surface area contributed by atoms with Crippen LogP contribution < -0.4 is 17.0 Å². The van der Waals surface area contributed by atoms with Crippen LogP contribution in [0.25, 0.3) is 0 Å². The predicted octanol–water partition coefficient (Wildman–Crippen LogP) is 1.22. The number of carbonyl (C=O) groups is 1. The maximum atomic E-state index is 12.7. The van der Waals surface area contributed by atoms with Crippen molar-refractivity contribution in [2.75, 3.05) is 11.5 Å². The molecule has 0 aliphatic heterocycles. The summed E-state index contributed by atoms with van der Waals surface area (Å²) in [5.41, 5.74) is 4.46. The van der Waals surface area contributed by atoms with Crippen molar-refractivity contribution in [3.63, 3.8) is 0 Å². The van der Waals surface area contributed by atoms with Crippen molar-refractivity contribution in [2.24, 2.45) is 14.1 Å². The summed E-state index contributed by atoms with van der Waals surface area (Å²) in [5.74, 6) is 0.309. The Morgan fingerprint density at radius 3 is 2.69 bits per heavy atom. The normalized spacial score (nSPS) is 13.7. The molecule has 3 aromatic heterocycles. The molecule has 0 saturated heterocycles. The Balaban J connectivity index is 1.57. The lowest BCUT2D eigenvalue weighted by atomic mass is 10.2. The van der Waals surface area contributed by atoms with Gasteiger partial charge in [0.15, 0.2) is 10.9 Å². The van der Waals surface area contributed by atoms with Crippen LogP contribution in [-0.4, -0.2) is 35.4 Å². The van der Waals surface area contributed by atoms with Crippen LogP contribution in [-0.2, 0) is 20.5 Å². The summed E-state index contributed by atoms with van der Waals surface area (Å²) in [7, 11) is 2.76. The minimum Gasteiger partial charge on any atom is -0.384 e. The number of thiophene rings is 1. The van der Waals surface area contributed by atoms with Gasteiger partial charge in [0.05, 0.1) is 5.75 Å². The van der Waals surface area contributed by atoms with Crippen molar-refractivity contribution in [2.45, 2.75) is 30.5 Å². The average molecular weight is 433 g/mol. The SMILES string of the molecule is Cn1c(N)c(C(=O)CSc2nnc(Cc3cccs3)n2C2CC2)c(=O)n(C)c1=O. The Bertz CT molecular complexity index is 1190. The highest BCUT2D eigenvalue weighted by atomic mass is 32.2. The van der Waals surface area contributed by atoms with Gasteiger partial charge < -0.3 is 10.3 Å². The molecule has 0 bridgehead atoms. The summed E-state index contributed by atoms with van der Waals surface area (Å²) in [5, 5.41) is 11.3. The molecule has 9 nitrogen and oxygen atoms in total. The molecule has 0 amide bonds. The topological polar surface area (TPSA) is 118 Å². The van der Waals surface area contributed by atoms with Gasteiger partial charge >= 0.3 is 5.69 Å². The molecule has 1 aliphatic rings. The first-order chi connectivity index (χ1) is 13.9. The monoisotopic (exact) mass is 432 g/mol. The molecule has 0 radical (unpaired) electrons. The molecule has 3 heterocycles. The number of rotatable bonds is 7. The van der Waals surface area contributed by atoms with Crippen LogP contribution in [0.3, 0.4) is 0 Å². The number of nitrogen functional groups attached to an aromatic ring is 1. The van der Waals surface area contributed by atoms with Gasteiger partial charge in [0, 0.05) is 31.4 Å². The second-order valence-electron chi connectivity index (χ2n) is 6.93. The van der Waals surface area contributed by atoms with E-state index in [1.807, 2.05) is 11.4 Å². The van der Waals surface area contributed by atoms with Gasteiger partial charge in [-0.2, -0.15) is 0 Å². The van der Waals surface area contributed by atoms with E-state index < -0.39 is 17.0 Å². The first-order valence-corrected chi connectivity index (χ1v) is 10.9. The fourth-order valence-corrected chi connectivity index (χ4v) is 4.72. The highest BCUT2D eigenvalue weighted by molar-refractivity contribution is 7.99. The fourth-order valence-electron chi connectivity index (χ4n) is 3.12. The molecule has 0 spiro atoms. The summed E-state index contributed by atoms with van der Waals surface area (Å²) < 4.78 is 4.09. The Morgan fingerprint density at radius 1 is 1.28 bits per heavy atom. The lowest BCUT2D eigenvalue weighted by molar-refractivity contribution is 0.102. The average Bonchev–Trinajstić information content (AvgIpc) is 3.26. The van der Waals surface area contributed by atoms with E-state index in [1.165, 1.54) is 30.7 Å². The van der Waals surface area contributed by atoms with Crippen molar-refractivity contribution in [3.05, 3.63) is 54.6 Å². The molecule has 3 aromatic rings. The van der Waals surface area contributed by atoms with Crippen LogP contribution in [0, 0.1) is 0 Å². The van der Waals surface area contributed by atoms with E-state index in [9.17, 15) is 14.4 Å². The molecule has 0 unspecified atom stereocenters. The highest BCUT2D eigenvalue weighted by Gasteiger charge is 2.30. The molecule has 4 rings (SSSR count). The third-order valence-corrected chi connectivity index (χ3v) is 6.70. The Kier molecular flexibility index (Phi) is 5.17. The molecule has 152 valence electrons. The van der Waals surface area contributed by atoms with E-state index >= 15 is 0 Å². The van der Waals surface area contributed by atoms with E-state index in [4.69, 9.17) is 5.73 Å². The van der Waals surface area contributed by atoms with Gasteiger partial charge in [0.1, 0.15) is 17.2 Å². The molecular formula is C18H20N6O3S2. The lowest BCUT2D eigenvalue weighted by Gasteiger charge is -2.11. The molecule has 1 aliphatic carbocycles. The third-order valence-electron chi connectivity index (χ3n) is 4.88. The summed E-state index contributed by atoms with van der Waals surface area (Å²) in [6, 6.07) is 4.42. The van der Waals surface area contributed by atoms with Gasteiger partial charge in [-0.3, -0.25) is 18.7 Å². The first-order valence-electron chi connectivity index (χ1n) is 9.06. The summed E-state index contributed by atoms with van der Waals surface area (Å²) in [4.78, 5) is 38.3. The lowest BCUT2D eigenvalue weighted by Crippen LogP contribution is -2.41. The van der Waals surface area contributed by atoms with Crippen LogP contribution in [0.15, 0.2) is 32.3 Å². The quantitative estimate of drug-likeness (QED) is 0.440. The van der Waals surface area contributed by atoms with Crippen LogP contribution >= 0.6 is 23.1 Å². The van der Waals surface area contributed by atoms with Crippen molar-refractivity contribution >= 4 is 34.7 Å². The molecular weight excluding hydrogens is 412 g/mol. The van der Waals surface area contributed by atoms with Crippen LogP contribution in [0.4, 0.5) is 5.82 Å². The number of aromatic nitrogens is 5. The smallest absolute Gasteiger partial charge is 0.332 e. The third kappa shape index (κ3) is 3.67. The van der Waals surface area contributed by atoms with Gasteiger partial charge in [-0.1, -0.05) is 17.8 Å². The van der Waals surface area contributed by atoms with Crippen LogP contribution in [0.2, 0.25) is 0 Å².